The second kappa shape index (κ2) is 7.45. The molecule has 0 aliphatic rings. The standard InChI is InChI=1S/C19H13F4N3O/c20-16-7-2-1-6-15(16)18(27)26-14-8-9-17(24-11-14)25-13-5-3-4-12(10-13)19(21,22)23/h1-11H,(H,24,25)(H,26,27). The van der Waals surface area contributed by atoms with Crippen LogP contribution in [0, 0.1) is 5.82 Å². The molecular weight excluding hydrogens is 362 g/mol. The fourth-order valence-electron chi connectivity index (χ4n) is 2.31. The van der Waals surface area contributed by atoms with E-state index in [-0.39, 0.29) is 11.3 Å². The van der Waals surface area contributed by atoms with Crippen molar-refractivity contribution < 1.29 is 22.4 Å². The van der Waals surface area contributed by atoms with E-state index in [4.69, 9.17) is 0 Å². The first-order chi connectivity index (χ1) is 12.8. The number of anilines is 3. The zero-order valence-corrected chi connectivity index (χ0v) is 13.7. The monoisotopic (exact) mass is 375 g/mol. The fourth-order valence-corrected chi connectivity index (χ4v) is 2.31. The van der Waals surface area contributed by atoms with Gasteiger partial charge in [-0.3, -0.25) is 4.79 Å². The SMILES string of the molecule is O=C(Nc1ccc(Nc2cccc(C(F)(F)F)c2)nc1)c1ccccc1F. The molecule has 0 saturated carbocycles. The average Bonchev–Trinajstić information content (AvgIpc) is 2.63. The molecule has 138 valence electrons. The van der Waals surface area contributed by atoms with Crippen LogP contribution >= 0.6 is 0 Å². The lowest BCUT2D eigenvalue weighted by Gasteiger charge is -2.11. The van der Waals surface area contributed by atoms with Gasteiger partial charge in [0, 0.05) is 5.69 Å². The summed E-state index contributed by atoms with van der Waals surface area (Å²) in [4.78, 5) is 16.1. The van der Waals surface area contributed by atoms with E-state index in [0.717, 1.165) is 12.1 Å². The Hall–Kier alpha value is -3.42. The van der Waals surface area contributed by atoms with E-state index in [1.807, 2.05) is 0 Å². The largest absolute Gasteiger partial charge is 0.416 e. The second-order valence-corrected chi connectivity index (χ2v) is 5.57. The van der Waals surface area contributed by atoms with E-state index in [0.29, 0.717) is 11.5 Å². The summed E-state index contributed by atoms with van der Waals surface area (Å²) in [7, 11) is 0. The topological polar surface area (TPSA) is 54.0 Å². The molecule has 0 saturated heterocycles. The molecule has 2 aromatic carbocycles. The summed E-state index contributed by atoms with van der Waals surface area (Å²) in [5.41, 5.74) is -0.344. The molecule has 3 aromatic rings. The summed E-state index contributed by atoms with van der Waals surface area (Å²) in [6.07, 6.45) is -3.12. The molecule has 0 atom stereocenters. The highest BCUT2D eigenvalue weighted by molar-refractivity contribution is 6.04. The smallest absolute Gasteiger partial charge is 0.340 e. The molecule has 1 aromatic heterocycles. The summed E-state index contributed by atoms with van der Waals surface area (Å²) < 4.78 is 51.8. The Labute approximate surface area is 151 Å². The van der Waals surface area contributed by atoms with Gasteiger partial charge in [-0.15, -0.1) is 0 Å². The molecule has 2 N–H and O–H groups in total. The van der Waals surface area contributed by atoms with Crippen LogP contribution in [0.1, 0.15) is 15.9 Å². The number of nitrogens with one attached hydrogen (secondary N) is 2. The van der Waals surface area contributed by atoms with Crippen LogP contribution in [0.15, 0.2) is 66.9 Å². The van der Waals surface area contributed by atoms with Gasteiger partial charge in [0.1, 0.15) is 11.6 Å². The first-order valence-electron chi connectivity index (χ1n) is 7.79. The maximum Gasteiger partial charge on any atom is 0.416 e. The van der Waals surface area contributed by atoms with Crippen molar-refractivity contribution in [3.05, 3.63) is 83.8 Å². The Morgan fingerprint density at radius 2 is 1.70 bits per heavy atom. The lowest BCUT2D eigenvalue weighted by atomic mass is 10.2. The van der Waals surface area contributed by atoms with Gasteiger partial charge in [0.05, 0.1) is 23.0 Å². The summed E-state index contributed by atoms with van der Waals surface area (Å²) in [5, 5.41) is 5.26. The first-order valence-corrected chi connectivity index (χ1v) is 7.79. The number of amides is 1. The van der Waals surface area contributed by atoms with Crippen molar-refractivity contribution in [2.75, 3.05) is 10.6 Å². The van der Waals surface area contributed by atoms with Crippen molar-refractivity contribution in [3.8, 4) is 0 Å². The highest BCUT2D eigenvalue weighted by Gasteiger charge is 2.30. The molecule has 0 aliphatic carbocycles. The van der Waals surface area contributed by atoms with Crippen LogP contribution in [0.25, 0.3) is 0 Å². The van der Waals surface area contributed by atoms with Crippen LogP contribution in [-0.2, 0) is 6.18 Å². The number of pyridine rings is 1. The van der Waals surface area contributed by atoms with Gasteiger partial charge < -0.3 is 10.6 Å². The van der Waals surface area contributed by atoms with E-state index in [2.05, 4.69) is 15.6 Å². The third kappa shape index (κ3) is 4.60. The summed E-state index contributed by atoms with van der Waals surface area (Å²) in [6, 6.07) is 13.2. The van der Waals surface area contributed by atoms with Crippen LogP contribution in [0.4, 0.5) is 34.8 Å². The van der Waals surface area contributed by atoms with E-state index in [1.165, 1.54) is 48.7 Å². The molecule has 0 aliphatic heterocycles. The van der Waals surface area contributed by atoms with Crippen LogP contribution in [0.3, 0.4) is 0 Å². The van der Waals surface area contributed by atoms with Gasteiger partial charge >= 0.3 is 6.18 Å². The zero-order chi connectivity index (χ0) is 19.4. The number of halogens is 4. The van der Waals surface area contributed by atoms with Gasteiger partial charge in [0.15, 0.2) is 0 Å². The molecule has 0 bridgehead atoms. The minimum absolute atomic E-state index is 0.108. The maximum atomic E-state index is 13.6. The van der Waals surface area contributed by atoms with Crippen molar-refractivity contribution >= 4 is 23.1 Å². The molecule has 1 amide bonds. The Balaban J connectivity index is 1.69. The normalized spacial score (nSPS) is 11.1. The van der Waals surface area contributed by atoms with Crippen molar-refractivity contribution in [2.45, 2.75) is 6.18 Å². The third-order valence-electron chi connectivity index (χ3n) is 3.60. The lowest BCUT2D eigenvalue weighted by Crippen LogP contribution is -2.13. The van der Waals surface area contributed by atoms with Crippen molar-refractivity contribution in [2.24, 2.45) is 0 Å². The Morgan fingerprint density at radius 1 is 0.926 bits per heavy atom. The lowest BCUT2D eigenvalue weighted by molar-refractivity contribution is -0.137. The highest BCUT2D eigenvalue weighted by Crippen LogP contribution is 2.31. The van der Waals surface area contributed by atoms with Gasteiger partial charge in [-0.2, -0.15) is 13.2 Å². The van der Waals surface area contributed by atoms with E-state index in [1.54, 1.807) is 6.07 Å². The Kier molecular flexibility index (Phi) is 5.07. The number of hydrogen-bond acceptors (Lipinski definition) is 3. The predicted molar refractivity (Wildman–Crippen MR) is 93.3 cm³/mol. The number of hydrogen-bond donors (Lipinski definition) is 2. The van der Waals surface area contributed by atoms with E-state index < -0.39 is 23.5 Å². The number of alkyl halides is 3. The van der Waals surface area contributed by atoms with Crippen molar-refractivity contribution in [1.82, 2.24) is 4.98 Å². The number of rotatable bonds is 4. The number of carbonyl (C=O) groups is 1. The predicted octanol–water partition coefficient (Wildman–Crippen LogP) is 5.24. The molecule has 4 nitrogen and oxygen atoms in total. The summed E-state index contributed by atoms with van der Waals surface area (Å²) in [5.74, 6) is -0.988. The van der Waals surface area contributed by atoms with Crippen molar-refractivity contribution in [3.63, 3.8) is 0 Å². The van der Waals surface area contributed by atoms with Gasteiger partial charge in [-0.1, -0.05) is 18.2 Å². The molecule has 3 rings (SSSR count). The van der Waals surface area contributed by atoms with E-state index >= 15 is 0 Å². The van der Waals surface area contributed by atoms with Crippen LogP contribution < -0.4 is 10.6 Å². The first kappa shape index (κ1) is 18.4. The molecule has 0 spiro atoms. The number of nitrogens with zero attached hydrogens (tertiary/aromatic N) is 1. The fraction of sp³-hybridized carbons (Fsp3) is 0.0526. The Morgan fingerprint density at radius 3 is 2.37 bits per heavy atom. The minimum atomic E-state index is -4.44. The molecular formula is C19H13F4N3O. The number of benzene rings is 2. The van der Waals surface area contributed by atoms with Crippen molar-refractivity contribution in [1.29, 1.82) is 0 Å². The van der Waals surface area contributed by atoms with Crippen LogP contribution in [0.2, 0.25) is 0 Å². The molecule has 0 unspecified atom stereocenters. The maximum absolute atomic E-state index is 13.6. The average molecular weight is 375 g/mol. The molecule has 0 fully saturated rings. The van der Waals surface area contributed by atoms with Gasteiger partial charge in [0.2, 0.25) is 0 Å². The second-order valence-electron chi connectivity index (χ2n) is 5.57. The van der Waals surface area contributed by atoms with Gasteiger partial charge in [0.25, 0.3) is 5.91 Å². The molecule has 27 heavy (non-hydrogen) atoms. The summed E-state index contributed by atoms with van der Waals surface area (Å²) in [6.45, 7) is 0. The molecule has 1 heterocycles. The number of aromatic nitrogens is 1. The minimum Gasteiger partial charge on any atom is -0.340 e. The third-order valence-corrected chi connectivity index (χ3v) is 3.60. The van der Waals surface area contributed by atoms with E-state index in [9.17, 15) is 22.4 Å². The summed E-state index contributed by atoms with van der Waals surface area (Å²) >= 11 is 0. The number of carbonyl (C=O) groups excluding carboxylic acids is 1. The van der Waals surface area contributed by atoms with Gasteiger partial charge in [-0.05, 0) is 42.5 Å². The Bertz CT molecular complexity index is 956. The quantitative estimate of drug-likeness (QED) is 0.614. The highest BCUT2D eigenvalue weighted by atomic mass is 19.4. The molecule has 0 radical (unpaired) electrons. The van der Waals surface area contributed by atoms with Crippen LogP contribution in [0.5, 0.6) is 0 Å². The van der Waals surface area contributed by atoms with Crippen LogP contribution in [-0.4, -0.2) is 10.9 Å². The zero-order valence-electron chi connectivity index (χ0n) is 13.7. The van der Waals surface area contributed by atoms with Gasteiger partial charge in [-0.25, -0.2) is 9.37 Å². The molecule has 8 heteroatoms.